The van der Waals surface area contributed by atoms with Gasteiger partial charge in [-0.1, -0.05) is 48.0 Å². The van der Waals surface area contributed by atoms with E-state index in [1.54, 1.807) is 12.1 Å². The molecule has 2 aromatic rings. The van der Waals surface area contributed by atoms with Crippen molar-refractivity contribution in [1.29, 1.82) is 0 Å². The summed E-state index contributed by atoms with van der Waals surface area (Å²) in [5.41, 5.74) is 3.15. The molecule has 0 heterocycles. The minimum absolute atomic E-state index is 0.203. The molecule has 0 atom stereocenters. The van der Waals surface area contributed by atoms with E-state index < -0.39 is 0 Å². The SMILES string of the molecule is CCOCc1ccccc1CNC(=O)NCc1ccc(Cl)cc1. The summed E-state index contributed by atoms with van der Waals surface area (Å²) in [6.45, 7) is 4.12. The number of rotatable bonds is 7. The molecular weight excluding hydrogens is 312 g/mol. The highest BCUT2D eigenvalue weighted by molar-refractivity contribution is 6.30. The molecule has 0 saturated heterocycles. The van der Waals surface area contributed by atoms with Gasteiger partial charge in [-0.3, -0.25) is 0 Å². The molecular formula is C18H21ClN2O2. The Balaban J connectivity index is 1.81. The van der Waals surface area contributed by atoms with E-state index in [0.29, 0.717) is 31.3 Å². The number of halogens is 1. The number of hydrogen-bond donors (Lipinski definition) is 2. The van der Waals surface area contributed by atoms with Crippen molar-refractivity contribution in [2.24, 2.45) is 0 Å². The number of amides is 2. The summed E-state index contributed by atoms with van der Waals surface area (Å²) in [7, 11) is 0. The van der Waals surface area contributed by atoms with E-state index in [4.69, 9.17) is 16.3 Å². The Morgan fingerprint density at radius 3 is 2.35 bits per heavy atom. The van der Waals surface area contributed by atoms with Gasteiger partial charge in [0.25, 0.3) is 0 Å². The zero-order valence-corrected chi connectivity index (χ0v) is 13.9. The number of urea groups is 1. The van der Waals surface area contributed by atoms with Crippen LogP contribution in [0.15, 0.2) is 48.5 Å². The lowest BCUT2D eigenvalue weighted by Gasteiger charge is -2.11. The molecule has 0 saturated carbocycles. The predicted molar refractivity (Wildman–Crippen MR) is 92.3 cm³/mol. The van der Waals surface area contributed by atoms with Crippen LogP contribution in [-0.2, 0) is 24.4 Å². The zero-order valence-electron chi connectivity index (χ0n) is 13.1. The minimum atomic E-state index is -0.203. The third-order valence-electron chi connectivity index (χ3n) is 3.39. The van der Waals surface area contributed by atoms with Crippen molar-refractivity contribution in [1.82, 2.24) is 10.6 Å². The van der Waals surface area contributed by atoms with Crippen LogP contribution in [0.4, 0.5) is 4.79 Å². The first-order valence-electron chi connectivity index (χ1n) is 7.59. The van der Waals surface area contributed by atoms with Crippen molar-refractivity contribution in [2.75, 3.05) is 6.61 Å². The average Bonchev–Trinajstić information content (AvgIpc) is 2.58. The van der Waals surface area contributed by atoms with Crippen molar-refractivity contribution >= 4 is 17.6 Å². The second-order valence-corrected chi connectivity index (χ2v) is 5.50. The third kappa shape index (κ3) is 5.93. The Bertz CT molecular complexity index is 629. The van der Waals surface area contributed by atoms with Crippen molar-refractivity contribution in [3.63, 3.8) is 0 Å². The molecule has 0 bridgehead atoms. The van der Waals surface area contributed by atoms with Gasteiger partial charge in [0.05, 0.1) is 6.61 Å². The van der Waals surface area contributed by atoms with Gasteiger partial charge in [0.2, 0.25) is 0 Å². The quantitative estimate of drug-likeness (QED) is 0.808. The maximum Gasteiger partial charge on any atom is 0.315 e. The standard InChI is InChI=1S/C18H21ClN2O2/c1-2-23-13-16-6-4-3-5-15(16)12-21-18(22)20-11-14-7-9-17(19)10-8-14/h3-10H,2,11-13H2,1H3,(H2,20,21,22). The van der Waals surface area contributed by atoms with Crippen molar-refractivity contribution in [3.05, 3.63) is 70.2 Å². The van der Waals surface area contributed by atoms with E-state index in [9.17, 15) is 4.79 Å². The van der Waals surface area contributed by atoms with E-state index >= 15 is 0 Å². The Labute approximate surface area is 141 Å². The fourth-order valence-electron chi connectivity index (χ4n) is 2.11. The summed E-state index contributed by atoms with van der Waals surface area (Å²) in [5, 5.41) is 6.38. The lowest BCUT2D eigenvalue weighted by Crippen LogP contribution is -2.34. The second kappa shape index (κ2) is 9.18. The van der Waals surface area contributed by atoms with Crippen LogP contribution >= 0.6 is 11.6 Å². The fraction of sp³-hybridized carbons (Fsp3) is 0.278. The van der Waals surface area contributed by atoms with Crippen molar-refractivity contribution < 1.29 is 9.53 Å². The molecule has 122 valence electrons. The van der Waals surface area contributed by atoms with Gasteiger partial charge in [-0.2, -0.15) is 0 Å². The Kier molecular flexibility index (Phi) is 6.91. The van der Waals surface area contributed by atoms with Gasteiger partial charge in [0, 0.05) is 24.7 Å². The number of carbonyl (C=O) groups is 1. The van der Waals surface area contributed by atoms with Crippen LogP contribution in [0.2, 0.25) is 5.02 Å². The van der Waals surface area contributed by atoms with E-state index in [0.717, 1.165) is 16.7 Å². The molecule has 0 aromatic heterocycles. The molecule has 5 heteroatoms. The fourth-order valence-corrected chi connectivity index (χ4v) is 2.23. The molecule has 0 unspecified atom stereocenters. The summed E-state index contributed by atoms with van der Waals surface area (Å²) >= 11 is 5.83. The van der Waals surface area contributed by atoms with Crippen LogP contribution in [0, 0.1) is 0 Å². The summed E-state index contributed by atoms with van der Waals surface area (Å²) in [6, 6.07) is 15.1. The topological polar surface area (TPSA) is 50.4 Å². The van der Waals surface area contributed by atoms with E-state index in [2.05, 4.69) is 10.6 Å². The van der Waals surface area contributed by atoms with Crippen LogP contribution in [0.3, 0.4) is 0 Å². The molecule has 0 aliphatic carbocycles. The molecule has 2 amide bonds. The number of benzene rings is 2. The van der Waals surface area contributed by atoms with Gasteiger partial charge in [-0.15, -0.1) is 0 Å². The van der Waals surface area contributed by atoms with E-state index in [1.165, 1.54) is 0 Å². The van der Waals surface area contributed by atoms with Gasteiger partial charge in [-0.05, 0) is 35.7 Å². The van der Waals surface area contributed by atoms with Gasteiger partial charge in [-0.25, -0.2) is 4.79 Å². The molecule has 2 aromatic carbocycles. The first-order chi connectivity index (χ1) is 11.2. The van der Waals surface area contributed by atoms with Crippen LogP contribution in [0.25, 0.3) is 0 Å². The van der Waals surface area contributed by atoms with Crippen molar-refractivity contribution in [2.45, 2.75) is 26.6 Å². The molecule has 0 spiro atoms. The van der Waals surface area contributed by atoms with Crippen molar-refractivity contribution in [3.8, 4) is 0 Å². The van der Waals surface area contributed by atoms with Crippen LogP contribution in [0.5, 0.6) is 0 Å². The van der Waals surface area contributed by atoms with Gasteiger partial charge in [0.15, 0.2) is 0 Å². The number of nitrogens with one attached hydrogen (secondary N) is 2. The number of carbonyl (C=O) groups excluding carboxylic acids is 1. The normalized spacial score (nSPS) is 10.3. The molecule has 0 radical (unpaired) electrons. The third-order valence-corrected chi connectivity index (χ3v) is 3.64. The zero-order chi connectivity index (χ0) is 16.5. The summed E-state index contributed by atoms with van der Waals surface area (Å²) in [6.07, 6.45) is 0. The van der Waals surface area contributed by atoms with E-state index in [-0.39, 0.29) is 6.03 Å². The Morgan fingerprint density at radius 1 is 1.00 bits per heavy atom. The molecule has 2 rings (SSSR count). The average molecular weight is 333 g/mol. The summed E-state index contributed by atoms with van der Waals surface area (Å²) in [4.78, 5) is 11.9. The maximum atomic E-state index is 11.9. The van der Waals surface area contributed by atoms with Gasteiger partial charge in [0.1, 0.15) is 0 Å². The molecule has 4 nitrogen and oxygen atoms in total. The minimum Gasteiger partial charge on any atom is -0.377 e. The highest BCUT2D eigenvalue weighted by atomic mass is 35.5. The summed E-state index contributed by atoms with van der Waals surface area (Å²) < 4.78 is 5.44. The predicted octanol–water partition coefficient (Wildman–Crippen LogP) is 3.88. The van der Waals surface area contributed by atoms with E-state index in [1.807, 2.05) is 43.3 Å². The molecule has 0 fully saturated rings. The Hall–Kier alpha value is -2.04. The Morgan fingerprint density at radius 2 is 1.65 bits per heavy atom. The summed E-state index contributed by atoms with van der Waals surface area (Å²) in [5.74, 6) is 0. The first-order valence-corrected chi connectivity index (χ1v) is 7.97. The second-order valence-electron chi connectivity index (χ2n) is 5.07. The number of hydrogen-bond acceptors (Lipinski definition) is 2. The maximum absolute atomic E-state index is 11.9. The highest BCUT2D eigenvalue weighted by Crippen LogP contribution is 2.10. The van der Waals surface area contributed by atoms with Crippen LogP contribution in [0.1, 0.15) is 23.6 Å². The molecule has 0 aliphatic rings. The monoisotopic (exact) mass is 332 g/mol. The van der Waals surface area contributed by atoms with Gasteiger partial charge >= 0.3 is 6.03 Å². The lowest BCUT2D eigenvalue weighted by molar-refractivity contribution is 0.133. The number of ether oxygens (including phenoxy) is 1. The first kappa shape index (κ1) is 17.3. The largest absolute Gasteiger partial charge is 0.377 e. The molecule has 23 heavy (non-hydrogen) atoms. The lowest BCUT2D eigenvalue weighted by atomic mass is 10.1. The molecule has 0 aliphatic heterocycles. The van der Waals surface area contributed by atoms with Gasteiger partial charge < -0.3 is 15.4 Å². The molecule has 2 N–H and O–H groups in total. The highest BCUT2D eigenvalue weighted by Gasteiger charge is 2.05. The van der Waals surface area contributed by atoms with Crippen LogP contribution in [-0.4, -0.2) is 12.6 Å². The smallest absolute Gasteiger partial charge is 0.315 e. The van der Waals surface area contributed by atoms with Crippen LogP contribution < -0.4 is 10.6 Å².